The Kier molecular flexibility index (Phi) is 3.52. The van der Waals surface area contributed by atoms with Gasteiger partial charge in [-0.15, -0.1) is 0 Å². The van der Waals surface area contributed by atoms with Crippen molar-refractivity contribution >= 4 is 5.91 Å². The Balaban J connectivity index is 2.20. The summed E-state index contributed by atoms with van der Waals surface area (Å²) in [7, 11) is 1.51. The molecule has 1 aliphatic rings. The van der Waals surface area contributed by atoms with Crippen LogP contribution in [0.2, 0.25) is 0 Å². The van der Waals surface area contributed by atoms with Crippen LogP contribution in [0.15, 0.2) is 18.5 Å². The van der Waals surface area contributed by atoms with E-state index in [9.17, 15) is 9.90 Å². The lowest BCUT2D eigenvalue weighted by Gasteiger charge is -2.37. The Bertz CT molecular complexity index is 446. The number of β-amino-alcohol motifs (C(OH)–C–C–N with tert-alkyl or cyclic N) is 1. The van der Waals surface area contributed by atoms with Crippen LogP contribution in [-0.4, -0.2) is 46.7 Å². The minimum atomic E-state index is -0.797. The molecule has 1 amide bonds. The lowest BCUT2D eigenvalue weighted by molar-refractivity contribution is -0.0108. The largest absolute Gasteiger partial charge is 0.494 e. The zero-order chi connectivity index (χ0) is 13.2. The molecule has 1 unspecified atom stereocenters. The van der Waals surface area contributed by atoms with E-state index in [4.69, 9.17) is 4.74 Å². The second-order valence-electron chi connectivity index (χ2n) is 4.90. The van der Waals surface area contributed by atoms with Gasteiger partial charge in [-0.05, 0) is 25.8 Å². The molecule has 18 heavy (non-hydrogen) atoms. The first-order chi connectivity index (χ1) is 8.53. The quantitative estimate of drug-likeness (QED) is 0.853. The van der Waals surface area contributed by atoms with Crippen molar-refractivity contribution in [3.63, 3.8) is 0 Å². The van der Waals surface area contributed by atoms with Crippen molar-refractivity contribution in [1.82, 2.24) is 9.88 Å². The molecule has 5 heteroatoms. The number of rotatable bonds is 2. The van der Waals surface area contributed by atoms with Crippen molar-refractivity contribution in [2.75, 3.05) is 20.2 Å². The Morgan fingerprint density at radius 1 is 1.61 bits per heavy atom. The number of hydrogen-bond donors (Lipinski definition) is 1. The maximum Gasteiger partial charge on any atom is 0.257 e. The van der Waals surface area contributed by atoms with Gasteiger partial charge in [-0.1, -0.05) is 0 Å². The molecule has 2 rings (SSSR count). The van der Waals surface area contributed by atoms with Crippen LogP contribution < -0.4 is 4.74 Å². The maximum atomic E-state index is 12.4. The fraction of sp³-hybridized carbons (Fsp3) is 0.538. The number of hydrogen-bond acceptors (Lipinski definition) is 4. The number of aliphatic hydroxyl groups is 1. The number of nitrogens with zero attached hydrogens (tertiary/aromatic N) is 2. The van der Waals surface area contributed by atoms with Crippen LogP contribution in [0.3, 0.4) is 0 Å². The van der Waals surface area contributed by atoms with Gasteiger partial charge >= 0.3 is 0 Å². The van der Waals surface area contributed by atoms with Crippen molar-refractivity contribution in [2.45, 2.75) is 25.4 Å². The lowest BCUT2D eigenvalue weighted by atomic mass is 9.94. The molecule has 5 nitrogen and oxygen atoms in total. The zero-order valence-electron chi connectivity index (χ0n) is 10.7. The second kappa shape index (κ2) is 4.94. The van der Waals surface area contributed by atoms with E-state index in [0.29, 0.717) is 24.4 Å². The molecule has 0 bridgehead atoms. The molecule has 1 atom stereocenters. The van der Waals surface area contributed by atoms with E-state index in [-0.39, 0.29) is 5.91 Å². The molecular formula is C13H18N2O3. The van der Waals surface area contributed by atoms with Gasteiger partial charge in [-0.25, -0.2) is 0 Å². The summed E-state index contributed by atoms with van der Waals surface area (Å²) in [5.41, 5.74) is -0.307. The van der Waals surface area contributed by atoms with Crippen LogP contribution >= 0.6 is 0 Å². The first kappa shape index (κ1) is 12.8. The average Bonchev–Trinajstić information content (AvgIpc) is 2.36. The van der Waals surface area contributed by atoms with Crippen LogP contribution in [-0.2, 0) is 0 Å². The SMILES string of the molecule is COc1cnccc1C(=O)N1CCCC(C)(O)C1. The van der Waals surface area contributed by atoms with Crippen molar-refractivity contribution in [1.29, 1.82) is 0 Å². The molecule has 1 aliphatic heterocycles. The Labute approximate surface area is 106 Å². The summed E-state index contributed by atoms with van der Waals surface area (Å²) >= 11 is 0. The zero-order valence-corrected chi connectivity index (χ0v) is 10.7. The van der Waals surface area contributed by atoms with Crippen LogP contribution in [0.5, 0.6) is 5.75 Å². The van der Waals surface area contributed by atoms with Gasteiger partial charge in [-0.2, -0.15) is 0 Å². The van der Waals surface area contributed by atoms with Gasteiger partial charge in [0, 0.05) is 19.3 Å². The molecular weight excluding hydrogens is 232 g/mol. The number of aromatic nitrogens is 1. The first-order valence-corrected chi connectivity index (χ1v) is 6.03. The summed E-state index contributed by atoms with van der Waals surface area (Å²) in [5, 5.41) is 10.0. The van der Waals surface area contributed by atoms with Crippen molar-refractivity contribution in [3.05, 3.63) is 24.0 Å². The molecule has 1 fully saturated rings. The topological polar surface area (TPSA) is 62.7 Å². The highest BCUT2D eigenvalue weighted by Crippen LogP contribution is 2.24. The second-order valence-corrected chi connectivity index (χ2v) is 4.90. The molecule has 1 N–H and O–H groups in total. The van der Waals surface area contributed by atoms with Gasteiger partial charge in [-0.3, -0.25) is 9.78 Å². The highest BCUT2D eigenvalue weighted by atomic mass is 16.5. The summed E-state index contributed by atoms with van der Waals surface area (Å²) in [5.74, 6) is 0.349. The van der Waals surface area contributed by atoms with Crippen molar-refractivity contribution in [2.24, 2.45) is 0 Å². The van der Waals surface area contributed by atoms with E-state index in [1.807, 2.05) is 0 Å². The molecule has 2 heterocycles. The molecule has 0 saturated carbocycles. The van der Waals surface area contributed by atoms with E-state index in [0.717, 1.165) is 12.8 Å². The lowest BCUT2D eigenvalue weighted by Crippen LogP contribution is -2.48. The van der Waals surface area contributed by atoms with E-state index in [2.05, 4.69) is 4.98 Å². The van der Waals surface area contributed by atoms with Gasteiger partial charge in [0.25, 0.3) is 5.91 Å². The number of likely N-dealkylation sites (tertiary alicyclic amines) is 1. The number of pyridine rings is 1. The first-order valence-electron chi connectivity index (χ1n) is 6.03. The van der Waals surface area contributed by atoms with Crippen molar-refractivity contribution < 1.29 is 14.6 Å². The van der Waals surface area contributed by atoms with Crippen LogP contribution in [0.1, 0.15) is 30.1 Å². The minimum absolute atomic E-state index is 0.116. The average molecular weight is 250 g/mol. The number of piperidine rings is 1. The third kappa shape index (κ3) is 2.61. The van der Waals surface area contributed by atoms with E-state index in [1.54, 1.807) is 24.1 Å². The monoisotopic (exact) mass is 250 g/mol. The summed E-state index contributed by atoms with van der Waals surface area (Å²) in [6.45, 7) is 2.79. The van der Waals surface area contributed by atoms with E-state index in [1.165, 1.54) is 13.3 Å². The minimum Gasteiger partial charge on any atom is -0.494 e. The predicted molar refractivity (Wildman–Crippen MR) is 66.6 cm³/mol. The van der Waals surface area contributed by atoms with Crippen LogP contribution in [0.4, 0.5) is 0 Å². The van der Waals surface area contributed by atoms with E-state index < -0.39 is 5.60 Å². The van der Waals surface area contributed by atoms with Gasteiger partial charge in [0.15, 0.2) is 0 Å². The third-order valence-electron chi connectivity index (χ3n) is 3.20. The third-order valence-corrected chi connectivity index (χ3v) is 3.20. The molecule has 0 spiro atoms. The van der Waals surface area contributed by atoms with Gasteiger partial charge in [0.2, 0.25) is 0 Å². The smallest absolute Gasteiger partial charge is 0.257 e. The number of ether oxygens (including phenoxy) is 1. The Morgan fingerprint density at radius 2 is 2.39 bits per heavy atom. The molecule has 0 radical (unpaired) electrons. The summed E-state index contributed by atoms with van der Waals surface area (Å²) in [6.07, 6.45) is 4.63. The molecule has 1 aromatic heterocycles. The Morgan fingerprint density at radius 3 is 3.06 bits per heavy atom. The van der Waals surface area contributed by atoms with Crippen LogP contribution in [0.25, 0.3) is 0 Å². The molecule has 1 aromatic rings. The highest BCUT2D eigenvalue weighted by molar-refractivity contribution is 5.96. The normalized spacial score (nSPS) is 23.8. The summed E-state index contributed by atoms with van der Waals surface area (Å²) in [6, 6.07) is 1.64. The van der Waals surface area contributed by atoms with Gasteiger partial charge in [0.05, 0.1) is 24.5 Å². The predicted octanol–water partition coefficient (Wildman–Crippen LogP) is 1.08. The number of carbonyl (C=O) groups excluding carboxylic acids is 1. The van der Waals surface area contributed by atoms with Crippen molar-refractivity contribution in [3.8, 4) is 5.75 Å². The highest BCUT2D eigenvalue weighted by Gasteiger charge is 2.32. The standard InChI is InChI=1S/C13H18N2O3/c1-13(17)5-3-7-15(9-13)12(16)10-4-6-14-8-11(10)18-2/h4,6,8,17H,3,5,7,9H2,1-2H3. The summed E-state index contributed by atoms with van der Waals surface area (Å²) in [4.78, 5) is 18.0. The number of methoxy groups -OCH3 is 1. The molecule has 0 aliphatic carbocycles. The summed E-state index contributed by atoms with van der Waals surface area (Å²) < 4.78 is 5.14. The fourth-order valence-corrected chi connectivity index (χ4v) is 2.28. The fourth-order valence-electron chi connectivity index (χ4n) is 2.28. The van der Waals surface area contributed by atoms with E-state index >= 15 is 0 Å². The molecule has 1 saturated heterocycles. The maximum absolute atomic E-state index is 12.4. The van der Waals surface area contributed by atoms with Crippen LogP contribution in [0, 0.1) is 0 Å². The Hall–Kier alpha value is -1.62. The number of amides is 1. The van der Waals surface area contributed by atoms with Gasteiger partial charge in [0.1, 0.15) is 5.75 Å². The molecule has 98 valence electrons. The molecule has 0 aromatic carbocycles. The van der Waals surface area contributed by atoms with Gasteiger partial charge < -0.3 is 14.7 Å². The number of carbonyl (C=O) groups is 1.